The molecule has 34 heavy (non-hydrogen) atoms. The quantitative estimate of drug-likeness (QED) is 0.160. The van der Waals surface area contributed by atoms with Crippen molar-refractivity contribution in [2.45, 2.75) is 19.0 Å². The van der Waals surface area contributed by atoms with Crippen LogP contribution in [-0.4, -0.2) is 42.9 Å². The van der Waals surface area contributed by atoms with E-state index in [0.717, 1.165) is 22.4 Å². The molecule has 0 fully saturated rings. The highest BCUT2D eigenvalue weighted by Gasteiger charge is 2.17. The molecule has 9 heteroatoms. The van der Waals surface area contributed by atoms with Gasteiger partial charge in [0.05, 0.1) is 12.0 Å². The first-order valence-corrected chi connectivity index (χ1v) is 11.5. The van der Waals surface area contributed by atoms with Crippen molar-refractivity contribution in [2.75, 3.05) is 5.75 Å². The van der Waals surface area contributed by atoms with Crippen LogP contribution in [0.4, 0.5) is 0 Å². The monoisotopic (exact) mass is 473 g/mol. The van der Waals surface area contributed by atoms with Crippen LogP contribution >= 0.6 is 11.8 Å². The second-order valence-corrected chi connectivity index (χ2v) is 8.62. The molecule has 0 aliphatic carbocycles. The van der Waals surface area contributed by atoms with Gasteiger partial charge in [0.2, 0.25) is 0 Å². The molecule has 0 saturated carbocycles. The number of aromatic hydroxyl groups is 2. The second kappa shape index (κ2) is 10.2. The molecule has 3 N–H and O–H groups in total. The average molecular weight is 474 g/mol. The average Bonchev–Trinajstić information content (AvgIpc) is 3.25. The summed E-state index contributed by atoms with van der Waals surface area (Å²) in [5.41, 5.74) is 7.11. The van der Waals surface area contributed by atoms with Gasteiger partial charge in [0.1, 0.15) is 0 Å². The number of nitrogens with zero attached hydrogens (tertiary/aromatic N) is 4. The number of aryl methyl sites for hydroxylation is 2. The molecular weight excluding hydrogens is 450 g/mol. The number of rotatable bonds is 7. The summed E-state index contributed by atoms with van der Waals surface area (Å²) < 4.78 is 1.94. The van der Waals surface area contributed by atoms with Crippen molar-refractivity contribution in [3.05, 3.63) is 83.4 Å². The van der Waals surface area contributed by atoms with Gasteiger partial charge in [-0.2, -0.15) is 5.10 Å². The third kappa shape index (κ3) is 5.44. The fraction of sp³-hybridized carbons (Fsp3) is 0.120. The Morgan fingerprint density at radius 3 is 2.32 bits per heavy atom. The van der Waals surface area contributed by atoms with Crippen molar-refractivity contribution in [3.63, 3.8) is 0 Å². The standard InChI is InChI=1S/C25H23N5O3S/c1-16-3-8-19(9-4-16)24-28-29-25(30(24)20-10-5-17(2)6-11-20)34-15-23(33)27-26-14-18-7-12-21(31)22(32)13-18/h3-14,31-32H,15H2,1-2H3,(H,27,33). The van der Waals surface area contributed by atoms with Crippen LogP contribution in [0.5, 0.6) is 11.5 Å². The fourth-order valence-corrected chi connectivity index (χ4v) is 3.89. The molecule has 0 radical (unpaired) electrons. The van der Waals surface area contributed by atoms with Crippen LogP contribution in [0, 0.1) is 13.8 Å². The number of benzene rings is 3. The number of phenols is 2. The highest BCUT2D eigenvalue weighted by molar-refractivity contribution is 7.99. The molecule has 3 aromatic carbocycles. The number of amides is 1. The summed E-state index contributed by atoms with van der Waals surface area (Å²) in [6.07, 6.45) is 1.38. The molecule has 0 spiro atoms. The van der Waals surface area contributed by atoms with Crippen LogP contribution in [0.15, 0.2) is 77.0 Å². The van der Waals surface area contributed by atoms with Crippen LogP contribution in [0.25, 0.3) is 17.1 Å². The van der Waals surface area contributed by atoms with Crippen molar-refractivity contribution in [2.24, 2.45) is 5.10 Å². The number of phenolic OH excluding ortho intramolecular Hbond substituents is 2. The summed E-state index contributed by atoms with van der Waals surface area (Å²) >= 11 is 1.25. The zero-order valence-electron chi connectivity index (χ0n) is 18.6. The topological polar surface area (TPSA) is 113 Å². The molecule has 0 saturated heterocycles. The smallest absolute Gasteiger partial charge is 0.250 e. The number of hydrogen-bond donors (Lipinski definition) is 3. The van der Waals surface area contributed by atoms with Crippen LogP contribution in [0.2, 0.25) is 0 Å². The highest BCUT2D eigenvalue weighted by Crippen LogP contribution is 2.28. The Morgan fingerprint density at radius 2 is 1.65 bits per heavy atom. The van der Waals surface area contributed by atoms with Gasteiger partial charge in [0, 0.05) is 11.3 Å². The zero-order chi connectivity index (χ0) is 24.1. The van der Waals surface area contributed by atoms with Crippen molar-refractivity contribution < 1.29 is 15.0 Å². The Bertz CT molecular complexity index is 1330. The minimum absolute atomic E-state index is 0.0794. The molecule has 4 aromatic rings. The first-order chi connectivity index (χ1) is 16.4. The normalized spacial score (nSPS) is 11.1. The fourth-order valence-electron chi connectivity index (χ4n) is 3.14. The highest BCUT2D eigenvalue weighted by atomic mass is 32.2. The maximum Gasteiger partial charge on any atom is 0.250 e. The minimum atomic E-state index is -0.320. The van der Waals surface area contributed by atoms with Gasteiger partial charge in [-0.3, -0.25) is 9.36 Å². The molecule has 0 aliphatic heterocycles. The lowest BCUT2D eigenvalue weighted by atomic mass is 10.1. The lowest BCUT2D eigenvalue weighted by Gasteiger charge is -2.11. The van der Waals surface area contributed by atoms with Gasteiger partial charge in [0.25, 0.3) is 5.91 Å². The number of nitrogens with one attached hydrogen (secondary N) is 1. The summed E-state index contributed by atoms with van der Waals surface area (Å²) in [5, 5.41) is 32.1. The van der Waals surface area contributed by atoms with Crippen molar-refractivity contribution in [3.8, 4) is 28.6 Å². The van der Waals surface area contributed by atoms with Crippen molar-refractivity contribution in [1.29, 1.82) is 0 Å². The molecule has 172 valence electrons. The predicted octanol–water partition coefficient (Wildman–Crippen LogP) is 4.20. The summed E-state index contributed by atoms with van der Waals surface area (Å²) in [7, 11) is 0. The lowest BCUT2D eigenvalue weighted by Crippen LogP contribution is -2.20. The summed E-state index contributed by atoms with van der Waals surface area (Å²) in [6.45, 7) is 4.05. The van der Waals surface area contributed by atoms with Gasteiger partial charge in [-0.25, -0.2) is 5.43 Å². The largest absolute Gasteiger partial charge is 0.504 e. The van der Waals surface area contributed by atoms with E-state index in [1.54, 1.807) is 6.07 Å². The molecule has 1 heterocycles. The number of hydrogen-bond acceptors (Lipinski definition) is 7. The van der Waals surface area contributed by atoms with Crippen LogP contribution in [-0.2, 0) is 4.79 Å². The summed E-state index contributed by atoms with van der Waals surface area (Å²) in [5.74, 6) is -0.0294. The maximum absolute atomic E-state index is 12.3. The first-order valence-electron chi connectivity index (χ1n) is 10.5. The Morgan fingerprint density at radius 1 is 0.971 bits per heavy atom. The minimum Gasteiger partial charge on any atom is -0.504 e. The van der Waals surface area contributed by atoms with Gasteiger partial charge in [0.15, 0.2) is 22.5 Å². The molecule has 0 unspecified atom stereocenters. The molecule has 1 aromatic heterocycles. The lowest BCUT2D eigenvalue weighted by molar-refractivity contribution is -0.118. The van der Waals surface area contributed by atoms with E-state index in [9.17, 15) is 15.0 Å². The summed E-state index contributed by atoms with van der Waals surface area (Å²) in [4.78, 5) is 12.3. The van der Waals surface area contributed by atoms with E-state index < -0.39 is 0 Å². The number of carbonyl (C=O) groups excluding carboxylic acids is 1. The predicted molar refractivity (Wildman–Crippen MR) is 133 cm³/mol. The van der Waals surface area contributed by atoms with Crippen LogP contribution in [0.3, 0.4) is 0 Å². The van der Waals surface area contributed by atoms with E-state index in [-0.39, 0.29) is 23.2 Å². The van der Waals surface area contributed by atoms with E-state index in [0.29, 0.717) is 16.5 Å². The third-order valence-corrected chi connectivity index (χ3v) is 5.90. The summed E-state index contributed by atoms with van der Waals surface area (Å²) in [6, 6.07) is 20.3. The van der Waals surface area contributed by atoms with Gasteiger partial charge >= 0.3 is 0 Å². The maximum atomic E-state index is 12.3. The van der Waals surface area contributed by atoms with Crippen molar-refractivity contribution >= 4 is 23.9 Å². The molecule has 1 amide bonds. The molecule has 0 atom stereocenters. The third-order valence-electron chi connectivity index (χ3n) is 4.97. The van der Waals surface area contributed by atoms with Crippen LogP contribution in [0.1, 0.15) is 16.7 Å². The van der Waals surface area contributed by atoms with Crippen LogP contribution < -0.4 is 5.43 Å². The Balaban J connectivity index is 1.50. The Labute approximate surface area is 201 Å². The van der Waals surface area contributed by atoms with Crippen molar-refractivity contribution in [1.82, 2.24) is 20.2 Å². The molecule has 0 aliphatic rings. The number of thioether (sulfide) groups is 1. The van der Waals surface area contributed by atoms with Gasteiger partial charge in [-0.05, 0) is 49.7 Å². The van der Waals surface area contributed by atoms with E-state index >= 15 is 0 Å². The molecular formula is C25H23N5O3S. The molecule has 0 bridgehead atoms. The first kappa shape index (κ1) is 23.1. The SMILES string of the molecule is Cc1ccc(-c2nnc(SCC(=O)NN=Cc3ccc(O)c(O)c3)n2-c2ccc(C)cc2)cc1. The van der Waals surface area contributed by atoms with E-state index in [4.69, 9.17) is 0 Å². The number of carbonyl (C=O) groups is 1. The molecule has 8 nitrogen and oxygen atoms in total. The van der Waals surface area contributed by atoms with Gasteiger partial charge in [-0.1, -0.05) is 59.3 Å². The van der Waals surface area contributed by atoms with E-state index in [2.05, 4.69) is 20.7 Å². The van der Waals surface area contributed by atoms with Gasteiger partial charge < -0.3 is 10.2 Å². The molecule has 4 rings (SSSR count). The Kier molecular flexibility index (Phi) is 6.93. The Hall–Kier alpha value is -4.11. The van der Waals surface area contributed by atoms with Gasteiger partial charge in [-0.15, -0.1) is 10.2 Å². The number of aromatic nitrogens is 3. The number of hydrazone groups is 1. The van der Waals surface area contributed by atoms with E-state index in [1.807, 2.05) is 66.9 Å². The zero-order valence-corrected chi connectivity index (χ0v) is 19.5. The van der Waals surface area contributed by atoms with E-state index in [1.165, 1.54) is 30.1 Å². The second-order valence-electron chi connectivity index (χ2n) is 7.67.